The molecule has 4 aromatic rings. The van der Waals surface area contributed by atoms with Crippen molar-refractivity contribution >= 4 is 27.5 Å². The van der Waals surface area contributed by atoms with E-state index in [1.165, 1.54) is 21.3 Å². The number of benzene rings is 3. The largest absolute Gasteiger partial charge is 0.493 e. The highest BCUT2D eigenvalue weighted by Crippen LogP contribution is 2.41. The molecule has 8 nitrogen and oxygen atoms in total. The first-order valence-corrected chi connectivity index (χ1v) is 10.6. The van der Waals surface area contributed by atoms with Crippen LogP contribution in [-0.4, -0.2) is 37.4 Å². The Bertz CT molecular complexity index is 1280. The van der Waals surface area contributed by atoms with Gasteiger partial charge in [-0.05, 0) is 52.3 Å². The van der Waals surface area contributed by atoms with Gasteiger partial charge in [0.05, 0.1) is 38.1 Å². The maximum atomic E-state index is 12.8. The summed E-state index contributed by atoms with van der Waals surface area (Å²) in [6.07, 6.45) is 0. The summed E-state index contributed by atoms with van der Waals surface area (Å²) < 4.78 is 22.4. The summed E-state index contributed by atoms with van der Waals surface area (Å²) >= 11 is 3.41. The summed E-state index contributed by atoms with van der Waals surface area (Å²) in [7, 11) is 4.60. The number of aromatic nitrogens is 2. The number of nitrogens with one attached hydrogen (secondary N) is 1. The van der Waals surface area contributed by atoms with Crippen LogP contribution in [0, 0.1) is 0 Å². The first-order valence-electron chi connectivity index (χ1n) is 9.85. The Morgan fingerprint density at radius 3 is 2.27 bits per heavy atom. The second-order valence-electron chi connectivity index (χ2n) is 6.82. The van der Waals surface area contributed by atoms with Gasteiger partial charge in [-0.15, -0.1) is 0 Å². The van der Waals surface area contributed by atoms with Crippen molar-refractivity contribution in [1.82, 2.24) is 10.1 Å². The first kappa shape index (κ1) is 22.3. The first-order chi connectivity index (χ1) is 16.0. The van der Waals surface area contributed by atoms with Gasteiger partial charge >= 0.3 is 0 Å². The van der Waals surface area contributed by atoms with Crippen molar-refractivity contribution in [2.45, 2.75) is 0 Å². The Hall–Kier alpha value is -3.85. The van der Waals surface area contributed by atoms with Crippen molar-refractivity contribution in [2.24, 2.45) is 0 Å². The fraction of sp³-hybridized carbons (Fsp3) is 0.125. The van der Waals surface area contributed by atoms with Crippen molar-refractivity contribution in [3.63, 3.8) is 0 Å². The molecule has 0 aliphatic rings. The van der Waals surface area contributed by atoms with Gasteiger partial charge in [0.15, 0.2) is 11.5 Å². The molecule has 1 aromatic heterocycles. The molecular weight excluding hydrogens is 490 g/mol. The summed E-state index contributed by atoms with van der Waals surface area (Å²) in [6, 6.07) is 17.9. The van der Waals surface area contributed by atoms with Crippen LogP contribution in [-0.2, 0) is 0 Å². The molecule has 33 heavy (non-hydrogen) atoms. The van der Waals surface area contributed by atoms with Gasteiger partial charge in [-0.3, -0.25) is 4.79 Å². The summed E-state index contributed by atoms with van der Waals surface area (Å²) in [6.45, 7) is 0. The van der Waals surface area contributed by atoms with Gasteiger partial charge in [0.25, 0.3) is 11.8 Å². The smallest absolute Gasteiger partial charge is 0.260 e. The summed E-state index contributed by atoms with van der Waals surface area (Å²) in [5.74, 6) is 1.73. The van der Waals surface area contributed by atoms with E-state index in [1.54, 1.807) is 36.4 Å². The predicted octanol–water partition coefficient (Wildman–Crippen LogP) is 5.44. The number of anilines is 1. The number of methoxy groups -OCH3 is 3. The molecule has 0 saturated carbocycles. The van der Waals surface area contributed by atoms with Crippen LogP contribution < -0.4 is 19.5 Å². The molecule has 0 fully saturated rings. The van der Waals surface area contributed by atoms with E-state index >= 15 is 0 Å². The van der Waals surface area contributed by atoms with Crippen LogP contribution in [0.15, 0.2) is 69.7 Å². The van der Waals surface area contributed by atoms with Crippen molar-refractivity contribution in [3.8, 4) is 40.1 Å². The maximum Gasteiger partial charge on any atom is 0.260 e. The van der Waals surface area contributed by atoms with Crippen molar-refractivity contribution in [3.05, 3.63) is 70.7 Å². The van der Waals surface area contributed by atoms with E-state index < -0.39 is 0 Å². The van der Waals surface area contributed by atoms with Crippen molar-refractivity contribution in [2.75, 3.05) is 26.6 Å². The normalized spacial score (nSPS) is 10.5. The third-order valence-corrected chi connectivity index (χ3v) is 5.56. The van der Waals surface area contributed by atoms with E-state index in [0.29, 0.717) is 49.9 Å². The lowest BCUT2D eigenvalue weighted by atomic mass is 10.1. The van der Waals surface area contributed by atoms with Gasteiger partial charge in [-0.1, -0.05) is 29.4 Å². The average Bonchev–Trinajstić information content (AvgIpc) is 3.33. The van der Waals surface area contributed by atoms with Gasteiger partial charge in [0, 0.05) is 10.0 Å². The van der Waals surface area contributed by atoms with E-state index in [2.05, 4.69) is 31.4 Å². The number of carbonyl (C=O) groups excluding carboxylic acids is 1. The number of amides is 1. The summed E-state index contributed by atoms with van der Waals surface area (Å²) in [5.41, 5.74) is 2.26. The van der Waals surface area contributed by atoms with Crippen LogP contribution in [0.5, 0.6) is 17.2 Å². The lowest BCUT2D eigenvalue weighted by Gasteiger charge is -2.12. The zero-order chi connectivity index (χ0) is 23.4. The Morgan fingerprint density at radius 2 is 1.61 bits per heavy atom. The zero-order valence-corrected chi connectivity index (χ0v) is 19.7. The lowest BCUT2D eigenvalue weighted by molar-refractivity contribution is 0.102. The fourth-order valence-electron chi connectivity index (χ4n) is 3.27. The van der Waals surface area contributed by atoms with Crippen LogP contribution in [0.1, 0.15) is 10.4 Å². The van der Waals surface area contributed by atoms with Gasteiger partial charge in [-0.2, -0.15) is 4.98 Å². The molecular formula is C24H20BrN3O5. The number of para-hydroxylation sites is 1. The van der Waals surface area contributed by atoms with E-state index in [1.807, 2.05) is 24.3 Å². The van der Waals surface area contributed by atoms with Gasteiger partial charge < -0.3 is 24.1 Å². The molecule has 0 radical (unpaired) electrons. The second kappa shape index (κ2) is 9.74. The number of rotatable bonds is 7. The highest BCUT2D eigenvalue weighted by atomic mass is 79.9. The molecule has 0 aliphatic carbocycles. The molecule has 4 rings (SSSR count). The fourth-order valence-corrected chi connectivity index (χ4v) is 3.74. The molecule has 1 heterocycles. The molecule has 0 spiro atoms. The quantitative estimate of drug-likeness (QED) is 0.354. The van der Waals surface area contributed by atoms with Gasteiger partial charge in [0.2, 0.25) is 11.6 Å². The molecule has 0 aliphatic heterocycles. The number of hydrogen-bond donors (Lipinski definition) is 1. The third-order valence-electron chi connectivity index (χ3n) is 4.87. The minimum absolute atomic E-state index is 0.252. The molecule has 0 unspecified atom stereocenters. The minimum atomic E-state index is -0.265. The minimum Gasteiger partial charge on any atom is -0.493 e. The molecule has 168 valence electrons. The highest BCUT2D eigenvalue weighted by Gasteiger charge is 2.20. The Kier molecular flexibility index (Phi) is 6.60. The van der Waals surface area contributed by atoms with Crippen LogP contribution in [0.3, 0.4) is 0 Å². The van der Waals surface area contributed by atoms with E-state index in [0.717, 1.165) is 0 Å². The third kappa shape index (κ3) is 4.54. The number of ether oxygens (including phenoxy) is 3. The van der Waals surface area contributed by atoms with Crippen LogP contribution in [0.2, 0.25) is 0 Å². The molecule has 9 heteroatoms. The number of halogens is 1. The summed E-state index contributed by atoms with van der Waals surface area (Å²) in [4.78, 5) is 17.3. The Balaban J connectivity index is 1.68. The number of carbonyl (C=O) groups is 1. The molecule has 0 atom stereocenters. The predicted molar refractivity (Wildman–Crippen MR) is 127 cm³/mol. The topological polar surface area (TPSA) is 95.7 Å². The summed E-state index contributed by atoms with van der Waals surface area (Å²) in [5, 5.41) is 7.02. The second-order valence-corrected chi connectivity index (χ2v) is 7.67. The molecule has 0 saturated heterocycles. The van der Waals surface area contributed by atoms with Crippen LogP contribution >= 0.6 is 15.9 Å². The number of hydrogen-bond acceptors (Lipinski definition) is 7. The van der Waals surface area contributed by atoms with Crippen LogP contribution in [0.25, 0.3) is 22.8 Å². The van der Waals surface area contributed by atoms with Crippen molar-refractivity contribution < 1.29 is 23.5 Å². The van der Waals surface area contributed by atoms with Gasteiger partial charge in [-0.25, -0.2) is 0 Å². The van der Waals surface area contributed by atoms with E-state index in [4.69, 9.17) is 18.7 Å². The standard InChI is InChI=1S/C24H20BrN3O5/c1-30-19-12-14(13-20(31-2)21(19)32-3)22-27-24(33-28-22)16-9-5-7-11-18(16)26-23(29)15-8-4-6-10-17(15)25/h4-13H,1-3H3,(H,26,29). The Morgan fingerprint density at radius 1 is 0.939 bits per heavy atom. The van der Waals surface area contributed by atoms with Gasteiger partial charge in [0.1, 0.15) is 0 Å². The van der Waals surface area contributed by atoms with Crippen LogP contribution in [0.4, 0.5) is 5.69 Å². The van der Waals surface area contributed by atoms with E-state index in [-0.39, 0.29) is 11.8 Å². The number of nitrogens with zero attached hydrogens (tertiary/aromatic N) is 2. The lowest BCUT2D eigenvalue weighted by Crippen LogP contribution is -2.13. The molecule has 1 amide bonds. The zero-order valence-electron chi connectivity index (χ0n) is 18.1. The SMILES string of the molecule is COc1cc(-c2noc(-c3ccccc3NC(=O)c3ccccc3Br)n2)cc(OC)c1OC. The maximum absolute atomic E-state index is 12.8. The molecule has 1 N–H and O–H groups in total. The average molecular weight is 510 g/mol. The molecule has 3 aromatic carbocycles. The van der Waals surface area contributed by atoms with E-state index in [9.17, 15) is 4.79 Å². The highest BCUT2D eigenvalue weighted by molar-refractivity contribution is 9.10. The van der Waals surface area contributed by atoms with Crippen molar-refractivity contribution in [1.29, 1.82) is 0 Å². The molecule has 0 bridgehead atoms. The Labute approximate surface area is 198 Å². The monoisotopic (exact) mass is 509 g/mol.